The highest BCUT2D eigenvalue weighted by atomic mass is 35.5. The number of hydrogen-bond acceptors (Lipinski definition) is 3. The number of nitrogens with zero attached hydrogens (tertiary/aromatic N) is 2. The monoisotopic (exact) mass is 338 g/mol. The Kier molecular flexibility index (Phi) is 5.94. The minimum absolute atomic E-state index is 0.0726. The van der Waals surface area contributed by atoms with Crippen LogP contribution in [0.1, 0.15) is 18.1 Å². The molecule has 0 amide bonds. The second kappa shape index (κ2) is 7.72. The number of aromatic nitrogens is 1. The fourth-order valence-electron chi connectivity index (χ4n) is 2.20. The Morgan fingerprint density at radius 3 is 2.45 bits per heavy atom. The number of benzene rings is 1. The van der Waals surface area contributed by atoms with E-state index in [4.69, 9.17) is 11.6 Å². The molecule has 1 heterocycles. The van der Waals surface area contributed by atoms with Crippen LogP contribution >= 0.6 is 11.6 Å². The van der Waals surface area contributed by atoms with E-state index >= 15 is 0 Å². The van der Waals surface area contributed by atoms with E-state index in [9.17, 15) is 8.42 Å². The quantitative estimate of drug-likeness (QED) is 0.779. The van der Waals surface area contributed by atoms with Crippen molar-refractivity contribution in [2.45, 2.75) is 19.1 Å². The van der Waals surface area contributed by atoms with Crippen molar-refractivity contribution in [1.82, 2.24) is 9.29 Å². The van der Waals surface area contributed by atoms with Crippen LogP contribution in [0.3, 0.4) is 0 Å². The summed E-state index contributed by atoms with van der Waals surface area (Å²) in [6.07, 6.45) is 4.09. The number of sulfonamides is 1. The highest BCUT2D eigenvalue weighted by molar-refractivity contribution is 7.88. The summed E-state index contributed by atoms with van der Waals surface area (Å²) in [7, 11) is -3.38. The van der Waals surface area contributed by atoms with Crippen LogP contribution in [0.4, 0.5) is 0 Å². The van der Waals surface area contributed by atoms with Gasteiger partial charge >= 0.3 is 0 Å². The predicted octanol–water partition coefficient (Wildman–Crippen LogP) is 3.13. The third-order valence-corrected chi connectivity index (χ3v) is 5.71. The van der Waals surface area contributed by atoms with Gasteiger partial charge in [-0.25, -0.2) is 12.7 Å². The second-order valence-electron chi connectivity index (χ2n) is 4.94. The molecule has 1 aromatic carbocycles. The molecule has 0 atom stereocenters. The lowest BCUT2D eigenvalue weighted by atomic mass is 10.2. The highest BCUT2D eigenvalue weighted by Gasteiger charge is 2.21. The Hall–Kier alpha value is -1.43. The third kappa shape index (κ3) is 4.53. The lowest BCUT2D eigenvalue weighted by Gasteiger charge is -2.20. The van der Waals surface area contributed by atoms with E-state index in [0.29, 0.717) is 30.1 Å². The zero-order chi connectivity index (χ0) is 16.0. The molecule has 0 aliphatic carbocycles. The highest BCUT2D eigenvalue weighted by Crippen LogP contribution is 2.19. The van der Waals surface area contributed by atoms with Crippen molar-refractivity contribution >= 4 is 21.6 Å². The first kappa shape index (κ1) is 16.9. The summed E-state index contributed by atoms with van der Waals surface area (Å²) >= 11 is 6.06. The molecule has 0 unspecified atom stereocenters. The summed E-state index contributed by atoms with van der Waals surface area (Å²) in [5, 5.41) is 0.483. The fraction of sp³-hybridized carbons (Fsp3) is 0.312. The van der Waals surface area contributed by atoms with Crippen LogP contribution in [0.5, 0.6) is 0 Å². The number of pyridine rings is 1. The number of rotatable bonds is 7. The van der Waals surface area contributed by atoms with E-state index in [1.165, 1.54) is 4.31 Å². The van der Waals surface area contributed by atoms with Gasteiger partial charge in [0.1, 0.15) is 0 Å². The van der Waals surface area contributed by atoms with Crippen molar-refractivity contribution in [1.29, 1.82) is 0 Å². The Balaban J connectivity index is 2.07. The molecule has 4 nitrogen and oxygen atoms in total. The lowest BCUT2D eigenvalue weighted by molar-refractivity contribution is 0.430. The van der Waals surface area contributed by atoms with Gasteiger partial charge in [-0.2, -0.15) is 0 Å². The molecule has 0 radical (unpaired) electrons. The van der Waals surface area contributed by atoms with Gasteiger partial charge in [0.25, 0.3) is 0 Å². The van der Waals surface area contributed by atoms with Gasteiger partial charge in [-0.05, 0) is 35.7 Å². The Morgan fingerprint density at radius 2 is 1.82 bits per heavy atom. The molecule has 0 saturated heterocycles. The summed E-state index contributed by atoms with van der Waals surface area (Å²) in [6, 6.07) is 10.8. The van der Waals surface area contributed by atoms with E-state index in [-0.39, 0.29) is 5.75 Å². The zero-order valence-electron chi connectivity index (χ0n) is 12.4. The summed E-state index contributed by atoms with van der Waals surface area (Å²) in [5.41, 5.74) is 1.70. The average molecular weight is 339 g/mol. The molecule has 6 heteroatoms. The van der Waals surface area contributed by atoms with Crippen LogP contribution in [-0.2, 0) is 22.2 Å². The minimum atomic E-state index is -3.38. The van der Waals surface area contributed by atoms with Crippen molar-refractivity contribution in [2.24, 2.45) is 0 Å². The molecule has 2 rings (SSSR count). The molecule has 1 aromatic heterocycles. The van der Waals surface area contributed by atoms with Crippen molar-refractivity contribution in [2.75, 3.05) is 13.1 Å². The summed E-state index contributed by atoms with van der Waals surface area (Å²) in [4.78, 5) is 3.96. The molecule has 0 fully saturated rings. The van der Waals surface area contributed by atoms with Gasteiger partial charge in [0, 0.05) is 30.5 Å². The van der Waals surface area contributed by atoms with Gasteiger partial charge in [-0.1, -0.05) is 36.7 Å². The molecule has 22 heavy (non-hydrogen) atoms. The standard InChI is InChI=1S/C16H19ClN2O2S/c1-2-19(12-9-14-7-10-18-11-8-14)22(20,21)13-15-5-3-4-6-16(15)17/h3-8,10-11H,2,9,12-13H2,1H3. The normalized spacial score (nSPS) is 11.8. The SMILES string of the molecule is CCN(CCc1ccncc1)S(=O)(=O)Cc1ccccc1Cl. The van der Waals surface area contributed by atoms with Gasteiger partial charge in [0.15, 0.2) is 0 Å². The zero-order valence-corrected chi connectivity index (χ0v) is 14.0. The third-order valence-electron chi connectivity index (χ3n) is 3.44. The molecule has 0 bridgehead atoms. The van der Waals surface area contributed by atoms with Crippen LogP contribution in [0.15, 0.2) is 48.8 Å². The first-order valence-corrected chi connectivity index (χ1v) is 9.12. The molecule has 0 saturated carbocycles. The smallest absolute Gasteiger partial charge is 0.218 e. The Bertz CT molecular complexity index is 705. The topological polar surface area (TPSA) is 50.3 Å². The molecule has 0 N–H and O–H groups in total. The van der Waals surface area contributed by atoms with Gasteiger partial charge in [-0.15, -0.1) is 0 Å². The van der Waals surface area contributed by atoms with Crippen LogP contribution in [0.25, 0.3) is 0 Å². The maximum Gasteiger partial charge on any atom is 0.218 e. The van der Waals surface area contributed by atoms with Gasteiger partial charge < -0.3 is 0 Å². The van der Waals surface area contributed by atoms with Gasteiger partial charge in [0.05, 0.1) is 5.75 Å². The van der Waals surface area contributed by atoms with Crippen molar-refractivity contribution < 1.29 is 8.42 Å². The average Bonchev–Trinajstić information content (AvgIpc) is 2.51. The van der Waals surface area contributed by atoms with Crippen molar-refractivity contribution in [3.63, 3.8) is 0 Å². The lowest BCUT2D eigenvalue weighted by Crippen LogP contribution is -2.33. The van der Waals surface area contributed by atoms with Gasteiger partial charge in [-0.3, -0.25) is 4.98 Å². The molecular weight excluding hydrogens is 320 g/mol. The van der Waals surface area contributed by atoms with E-state index in [2.05, 4.69) is 4.98 Å². The first-order chi connectivity index (χ1) is 10.5. The first-order valence-electron chi connectivity index (χ1n) is 7.13. The fourth-order valence-corrected chi connectivity index (χ4v) is 4.07. The van der Waals surface area contributed by atoms with Crippen molar-refractivity contribution in [3.05, 3.63) is 64.9 Å². The van der Waals surface area contributed by atoms with Crippen LogP contribution in [-0.4, -0.2) is 30.8 Å². The molecule has 0 aliphatic heterocycles. The van der Waals surface area contributed by atoms with Crippen molar-refractivity contribution in [3.8, 4) is 0 Å². The Labute approximate surface area is 136 Å². The van der Waals surface area contributed by atoms with Gasteiger partial charge in [0.2, 0.25) is 10.0 Å². The van der Waals surface area contributed by atoms with Crippen LogP contribution < -0.4 is 0 Å². The largest absolute Gasteiger partial charge is 0.265 e. The van der Waals surface area contributed by atoms with Crippen LogP contribution in [0, 0.1) is 0 Å². The molecule has 0 aliphatic rings. The maximum atomic E-state index is 12.6. The summed E-state index contributed by atoms with van der Waals surface area (Å²) in [5.74, 6) is -0.0726. The van der Waals surface area contributed by atoms with E-state index in [0.717, 1.165) is 5.56 Å². The molecular formula is C16H19ClN2O2S. The summed E-state index contributed by atoms with van der Waals surface area (Å²) < 4.78 is 26.6. The number of hydrogen-bond donors (Lipinski definition) is 0. The molecule has 118 valence electrons. The van der Waals surface area contributed by atoms with E-state index in [1.54, 1.807) is 36.7 Å². The molecule has 0 spiro atoms. The number of halogens is 1. The second-order valence-corrected chi connectivity index (χ2v) is 7.32. The Morgan fingerprint density at radius 1 is 1.14 bits per heavy atom. The minimum Gasteiger partial charge on any atom is -0.265 e. The van der Waals surface area contributed by atoms with E-state index < -0.39 is 10.0 Å². The maximum absolute atomic E-state index is 12.6. The number of likely N-dealkylation sites (N-methyl/N-ethyl adjacent to an activating group) is 1. The van der Waals surface area contributed by atoms with Crippen LogP contribution in [0.2, 0.25) is 5.02 Å². The predicted molar refractivity (Wildman–Crippen MR) is 89.3 cm³/mol. The van der Waals surface area contributed by atoms with E-state index in [1.807, 2.05) is 19.1 Å². The molecule has 2 aromatic rings. The summed E-state index contributed by atoms with van der Waals surface area (Å²) in [6.45, 7) is 2.74.